The number of benzene rings is 4. The minimum Gasteiger partial charge on any atom is -0.298 e. The monoisotopic (exact) mass is 376 g/mol. The first kappa shape index (κ1) is 17.4. The molecule has 1 atom stereocenters. The molecule has 0 amide bonds. The number of aldehydes is 1. The van der Waals surface area contributed by atoms with E-state index in [4.69, 9.17) is 5.10 Å². The van der Waals surface area contributed by atoms with E-state index in [0.717, 1.165) is 29.7 Å². The van der Waals surface area contributed by atoms with Crippen molar-refractivity contribution in [3.8, 4) is 0 Å². The molecule has 1 heterocycles. The number of hydrazone groups is 1. The predicted octanol–water partition coefficient (Wildman–Crippen LogP) is 6.01. The lowest BCUT2D eigenvalue weighted by Gasteiger charge is -2.25. The number of carbonyl (C=O) groups excluding carboxylic acids is 1. The van der Waals surface area contributed by atoms with Crippen molar-refractivity contribution < 1.29 is 4.79 Å². The van der Waals surface area contributed by atoms with Crippen molar-refractivity contribution in [2.24, 2.45) is 5.10 Å². The fraction of sp³-hybridized carbons (Fsp3) is 0.0769. The summed E-state index contributed by atoms with van der Waals surface area (Å²) in [7, 11) is 0. The summed E-state index contributed by atoms with van der Waals surface area (Å²) in [5.74, 6) is 0. The number of carbonyl (C=O) groups is 1. The zero-order chi connectivity index (χ0) is 19.6. The van der Waals surface area contributed by atoms with Gasteiger partial charge in [0.05, 0.1) is 17.4 Å². The normalized spacial score (nSPS) is 16.1. The maximum absolute atomic E-state index is 11.1. The molecule has 0 saturated carbocycles. The van der Waals surface area contributed by atoms with Gasteiger partial charge in [-0.15, -0.1) is 0 Å². The lowest BCUT2D eigenvalue weighted by atomic mass is 9.94. The van der Waals surface area contributed by atoms with Crippen LogP contribution in [0.15, 0.2) is 102 Å². The highest BCUT2D eigenvalue weighted by Gasteiger charge is 2.30. The highest BCUT2D eigenvalue weighted by molar-refractivity contribution is 6.04. The molecule has 0 N–H and O–H groups in total. The maximum atomic E-state index is 11.1. The summed E-state index contributed by atoms with van der Waals surface area (Å²) < 4.78 is 0. The first-order chi connectivity index (χ1) is 14.3. The van der Waals surface area contributed by atoms with Crippen molar-refractivity contribution in [1.82, 2.24) is 0 Å². The quantitative estimate of drug-likeness (QED) is 0.409. The molecule has 0 fully saturated rings. The first-order valence-electron chi connectivity index (χ1n) is 9.78. The van der Waals surface area contributed by atoms with Gasteiger partial charge in [0.2, 0.25) is 0 Å². The second-order valence-corrected chi connectivity index (χ2v) is 7.25. The summed E-state index contributed by atoms with van der Waals surface area (Å²) in [6, 6.07) is 33.0. The molecule has 0 unspecified atom stereocenters. The Morgan fingerprint density at radius 1 is 0.793 bits per heavy atom. The summed E-state index contributed by atoms with van der Waals surface area (Å²) in [5.41, 5.74) is 5.13. The molecule has 4 aromatic rings. The van der Waals surface area contributed by atoms with Crippen molar-refractivity contribution in [3.63, 3.8) is 0 Å². The Morgan fingerprint density at radius 3 is 2.31 bits per heavy atom. The zero-order valence-corrected chi connectivity index (χ0v) is 15.9. The summed E-state index contributed by atoms with van der Waals surface area (Å²) >= 11 is 0. The molecule has 0 saturated heterocycles. The third-order valence-corrected chi connectivity index (χ3v) is 5.49. The van der Waals surface area contributed by atoms with Gasteiger partial charge >= 0.3 is 0 Å². The van der Waals surface area contributed by atoms with E-state index in [-0.39, 0.29) is 6.04 Å². The Morgan fingerprint density at radius 2 is 1.52 bits per heavy atom. The zero-order valence-electron chi connectivity index (χ0n) is 15.9. The SMILES string of the molecule is O=Cc1ccc(N2N=C(c3ccccc3)C[C@@H]2c2cccc3ccccc23)cc1. The van der Waals surface area contributed by atoms with Gasteiger partial charge in [-0.25, -0.2) is 0 Å². The molecule has 4 aromatic carbocycles. The van der Waals surface area contributed by atoms with Crippen LogP contribution in [-0.4, -0.2) is 12.0 Å². The highest BCUT2D eigenvalue weighted by Crippen LogP contribution is 2.39. The van der Waals surface area contributed by atoms with Crippen molar-refractivity contribution in [1.29, 1.82) is 0 Å². The van der Waals surface area contributed by atoms with Crippen LogP contribution >= 0.6 is 0 Å². The topological polar surface area (TPSA) is 32.7 Å². The maximum Gasteiger partial charge on any atom is 0.150 e. The second-order valence-electron chi connectivity index (χ2n) is 7.25. The summed E-state index contributed by atoms with van der Waals surface area (Å²) in [5, 5.41) is 9.59. The molecule has 5 rings (SSSR count). The Hall–Kier alpha value is -3.72. The molecule has 3 heteroatoms. The Labute approximate surface area is 169 Å². The molecule has 0 radical (unpaired) electrons. The van der Waals surface area contributed by atoms with Crippen molar-refractivity contribution in [2.75, 3.05) is 5.01 Å². The van der Waals surface area contributed by atoms with Crippen LogP contribution < -0.4 is 5.01 Å². The second kappa shape index (κ2) is 7.36. The van der Waals surface area contributed by atoms with Crippen molar-refractivity contribution >= 4 is 28.5 Å². The van der Waals surface area contributed by atoms with E-state index in [9.17, 15) is 4.79 Å². The van der Waals surface area contributed by atoms with Crippen LogP contribution in [0.3, 0.4) is 0 Å². The number of rotatable bonds is 4. The van der Waals surface area contributed by atoms with E-state index in [1.807, 2.05) is 42.5 Å². The van der Waals surface area contributed by atoms with Crippen LogP contribution in [0.5, 0.6) is 0 Å². The Kier molecular flexibility index (Phi) is 4.41. The lowest BCUT2D eigenvalue weighted by Crippen LogP contribution is -2.18. The molecule has 1 aliphatic heterocycles. The molecular weight excluding hydrogens is 356 g/mol. The molecule has 0 spiro atoms. The molecule has 140 valence electrons. The average Bonchev–Trinajstić information content (AvgIpc) is 3.24. The lowest BCUT2D eigenvalue weighted by molar-refractivity contribution is 0.112. The molecular formula is C26H20N2O. The third kappa shape index (κ3) is 3.21. The van der Waals surface area contributed by atoms with Gasteiger partial charge in [-0.3, -0.25) is 9.80 Å². The number of hydrogen-bond donors (Lipinski definition) is 0. The van der Waals surface area contributed by atoms with Gasteiger partial charge in [-0.2, -0.15) is 5.10 Å². The number of anilines is 1. The molecule has 0 aromatic heterocycles. The van der Waals surface area contributed by atoms with E-state index >= 15 is 0 Å². The van der Waals surface area contributed by atoms with Crippen LogP contribution in [0.1, 0.15) is 33.9 Å². The van der Waals surface area contributed by atoms with Crippen molar-refractivity contribution in [3.05, 3.63) is 114 Å². The van der Waals surface area contributed by atoms with E-state index in [1.165, 1.54) is 16.3 Å². The van der Waals surface area contributed by atoms with Gasteiger partial charge in [0, 0.05) is 12.0 Å². The van der Waals surface area contributed by atoms with Gasteiger partial charge in [-0.05, 0) is 46.2 Å². The van der Waals surface area contributed by atoms with Gasteiger partial charge in [-0.1, -0.05) is 72.8 Å². The van der Waals surface area contributed by atoms with Crippen LogP contribution in [0.4, 0.5) is 5.69 Å². The van der Waals surface area contributed by atoms with Crippen LogP contribution in [0, 0.1) is 0 Å². The molecule has 1 aliphatic rings. The summed E-state index contributed by atoms with van der Waals surface area (Å²) in [6.45, 7) is 0. The minimum absolute atomic E-state index is 0.0957. The number of fused-ring (bicyclic) bond motifs is 1. The minimum atomic E-state index is 0.0957. The average molecular weight is 376 g/mol. The third-order valence-electron chi connectivity index (χ3n) is 5.49. The molecule has 0 aliphatic carbocycles. The fourth-order valence-electron chi connectivity index (χ4n) is 4.04. The smallest absolute Gasteiger partial charge is 0.150 e. The summed E-state index contributed by atoms with van der Waals surface area (Å²) in [4.78, 5) is 11.1. The van der Waals surface area contributed by atoms with E-state index in [0.29, 0.717) is 5.56 Å². The van der Waals surface area contributed by atoms with Crippen LogP contribution in [0.25, 0.3) is 10.8 Å². The fourth-order valence-corrected chi connectivity index (χ4v) is 4.04. The summed E-state index contributed by atoms with van der Waals surface area (Å²) in [6.07, 6.45) is 1.70. The molecule has 3 nitrogen and oxygen atoms in total. The Bertz CT molecular complexity index is 1190. The van der Waals surface area contributed by atoms with Crippen LogP contribution in [-0.2, 0) is 0 Å². The Balaban J connectivity index is 1.63. The highest BCUT2D eigenvalue weighted by atomic mass is 16.1. The van der Waals surface area contributed by atoms with Gasteiger partial charge in [0.25, 0.3) is 0 Å². The standard InChI is InChI=1S/C26H20N2O/c29-18-19-13-15-22(16-14-19)28-26(17-25(27-28)21-8-2-1-3-9-21)24-12-6-10-20-7-4-5-11-23(20)24/h1-16,18,26H,17H2/t26-/m1/s1. The van der Waals surface area contributed by atoms with Crippen LogP contribution in [0.2, 0.25) is 0 Å². The van der Waals surface area contributed by atoms with E-state index in [2.05, 4.69) is 59.6 Å². The number of hydrogen-bond acceptors (Lipinski definition) is 3. The van der Waals surface area contributed by atoms with Gasteiger partial charge in [0.1, 0.15) is 6.29 Å². The first-order valence-corrected chi connectivity index (χ1v) is 9.78. The number of nitrogens with zero attached hydrogens (tertiary/aromatic N) is 2. The van der Waals surface area contributed by atoms with Gasteiger partial charge in [0.15, 0.2) is 0 Å². The predicted molar refractivity (Wildman–Crippen MR) is 119 cm³/mol. The molecule has 29 heavy (non-hydrogen) atoms. The largest absolute Gasteiger partial charge is 0.298 e. The van der Waals surface area contributed by atoms with Crippen molar-refractivity contribution in [2.45, 2.75) is 12.5 Å². The van der Waals surface area contributed by atoms with E-state index < -0.39 is 0 Å². The van der Waals surface area contributed by atoms with E-state index in [1.54, 1.807) is 0 Å². The van der Waals surface area contributed by atoms with Gasteiger partial charge < -0.3 is 0 Å². The molecule has 0 bridgehead atoms.